The summed E-state index contributed by atoms with van der Waals surface area (Å²) in [5, 5.41) is 10.1. The first-order chi connectivity index (χ1) is 7.67. The molecule has 16 heavy (non-hydrogen) atoms. The largest absolute Gasteiger partial charge is 0.391 e. The first-order valence-corrected chi connectivity index (χ1v) is 6.65. The molecule has 0 aromatic rings. The maximum atomic E-state index is 10.1. The van der Waals surface area contributed by atoms with Gasteiger partial charge in [0.25, 0.3) is 0 Å². The molecule has 1 heterocycles. The zero-order valence-electron chi connectivity index (χ0n) is 11.0. The molecule has 96 valence electrons. The third-order valence-electron chi connectivity index (χ3n) is 3.67. The molecule has 0 spiro atoms. The first kappa shape index (κ1) is 13.9. The van der Waals surface area contributed by atoms with E-state index < -0.39 is 0 Å². The minimum absolute atomic E-state index is 0.216. The van der Waals surface area contributed by atoms with Crippen LogP contribution < -0.4 is 0 Å². The number of aliphatic hydroxyl groups excluding tert-OH is 1. The van der Waals surface area contributed by atoms with Crippen molar-refractivity contribution in [3.8, 4) is 0 Å². The number of hydrogen-bond acceptors (Lipinski definition) is 3. The van der Waals surface area contributed by atoms with Gasteiger partial charge in [0.1, 0.15) is 0 Å². The lowest BCUT2D eigenvalue weighted by molar-refractivity contribution is 0.0531. The summed E-state index contributed by atoms with van der Waals surface area (Å²) in [7, 11) is 0. The molecule has 0 amide bonds. The van der Waals surface area contributed by atoms with E-state index in [1.807, 2.05) is 0 Å². The smallest absolute Gasteiger partial charge is 0.0718 e. The Morgan fingerprint density at radius 1 is 1.38 bits per heavy atom. The molecule has 3 atom stereocenters. The highest BCUT2D eigenvalue weighted by Crippen LogP contribution is 2.18. The van der Waals surface area contributed by atoms with E-state index in [2.05, 4.69) is 25.7 Å². The van der Waals surface area contributed by atoms with Crippen molar-refractivity contribution in [2.45, 2.75) is 39.7 Å². The summed E-state index contributed by atoms with van der Waals surface area (Å²) in [4.78, 5) is 2.36. The van der Waals surface area contributed by atoms with E-state index in [0.717, 1.165) is 39.3 Å². The Morgan fingerprint density at radius 2 is 2.12 bits per heavy atom. The van der Waals surface area contributed by atoms with Gasteiger partial charge in [0.2, 0.25) is 0 Å². The molecule has 1 rings (SSSR count). The number of nitrogens with zero attached hydrogens (tertiary/aromatic N) is 1. The predicted molar refractivity (Wildman–Crippen MR) is 66.5 cm³/mol. The van der Waals surface area contributed by atoms with Crippen LogP contribution in [0.5, 0.6) is 0 Å². The van der Waals surface area contributed by atoms with Gasteiger partial charge in [-0.3, -0.25) is 0 Å². The zero-order chi connectivity index (χ0) is 12.0. The number of likely N-dealkylation sites (N-methyl/N-ethyl adjacent to an activating group) is 1. The van der Waals surface area contributed by atoms with Crippen LogP contribution in [0, 0.1) is 11.8 Å². The Hall–Kier alpha value is -0.120. The van der Waals surface area contributed by atoms with Crippen molar-refractivity contribution in [1.29, 1.82) is 0 Å². The highest BCUT2D eigenvalue weighted by molar-refractivity contribution is 4.76. The molecule has 3 nitrogen and oxygen atoms in total. The van der Waals surface area contributed by atoms with Crippen LogP contribution in [0.25, 0.3) is 0 Å². The minimum Gasteiger partial charge on any atom is -0.391 e. The lowest BCUT2D eigenvalue weighted by Crippen LogP contribution is -2.38. The molecular formula is C13H27NO2. The minimum atomic E-state index is -0.216. The molecular weight excluding hydrogens is 202 g/mol. The average Bonchev–Trinajstić information content (AvgIpc) is 2.81. The number of aliphatic hydroxyl groups is 1. The maximum absolute atomic E-state index is 10.1. The van der Waals surface area contributed by atoms with Gasteiger partial charge in [0.05, 0.1) is 12.7 Å². The van der Waals surface area contributed by atoms with E-state index in [1.165, 1.54) is 6.42 Å². The topological polar surface area (TPSA) is 32.7 Å². The van der Waals surface area contributed by atoms with Crippen molar-refractivity contribution in [3.05, 3.63) is 0 Å². The molecule has 1 saturated heterocycles. The molecule has 0 aliphatic carbocycles. The Balaban J connectivity index is 2.30. The van der Waals surface area contributed by atoms with Gasteiger partial charge in [-0.05, 0) is 18.9 Å². The second kappa shape index (κ2) is 7.25. The summed E-state index contributed by atoms with van der Waals surface area (Å²) < 4.78 is 5.32. The van der Waals surface area contributed by atoms with Crippen LogP contribution >= 0.6 is 0 Å². The van der Waals surface area contributed by atoms with Gasteiger partial charge in [-0.25, -0.2) is 0 Å². The molecule has 1 aliphatic rings. The Kier molecular flexibility index (Phi) is 6.32. The molecule has 1 fully saturated rings. The van der Waals surface area contributed by atoms with Gasteiger partial charge in [-0.15, -0.1) is 0 Å². The highest BCUT2D eigenvalue weighted by Gasteiger charge is 2.25. The van der Waals surface area contributed by atoms with E-state index in [1.54, 1.807) is 0 Å². The van der Waals surface area contributed by atoms with Gasteiger partial charge in [0, 0.05) is 25.6 Å². The monoisotopic (exact) mass is 229 g/mol. The van der Waals surface area contributed by atoms with Crippen LogP contribution in [0.2, 0.25) is 0 Å². The van der Waals surface area contributed by atoms with E-state index >= 15 is 0 Å². The number of rotatable bonds is 7. The summed E-state index contributed by atoms with van der Waals surface area (Å²) in [6.45, 7) is 11.1. The van der Waals surface area contributed by atoms with Crippen molar-refractivity contribution in [1.82, 2.24) is 4.90 Å². The second-order valence-corrected chi connectivity index (χ2v) is 5.06. The van der Waals surface area contributed by atoms with Crippen molar-refractivity contribution < 1.29 is 9.84 Å². The first-order valence-electron chi connectivity index (χ1n) is 6.65. The third kappa shape index (κ3) is 4.40. The normalized spacial score (nSPS) is 24.9. The molecule has 3 unspecified atom stereocenters. The lowest BCUT2D eigenvalue weighted by atomic mass is 10.0. The molecule has 1 aliphatic heterocycles. The van der Waals surface area contributed by atoms with E-state index in [4.69, 9.17) is 4.74 Å². The third-order valence-corrected chi connectivity index (χ3v) is 3.67. The van der Waals surface area contributed by atoms with Crippen LogP contribution in [0.1, 0.15) is 33.6 Å². The summed E-state index contributed by atoms with van der Waals surface area (Å²) >= 11 is 0. The fraction of sp³-hybridized carbons (Fsp3) is 1.00. The second-order valence-electron chi connectivity index (χ2n) is 5.06. The fourth-order valence-electron chi connectivity index (χ4n) is 2.17. The maximum Gasteiger partial charge on any atom is 0.0718 e. The number of ether oxygens (including phenoxy) is 1. The average molecular weight is 229 g/mol. The van der Waals surface area contributed by atoms with Gasteiger partial charge >= 0.3 is 0 Å². The van der Waals surface area contributed by atoms with Gasteiger partial charge in [-0.2, -0.15) is 0 Å². The van der Waals surface area contributed by atoms with Crippen LogP contribution in [-0.2, 0) is 4.74 Å². The summed E-state index contributed by atoms with van der Waals surface area (Å²) in [5.74, 6) is 1.07. The summed E-state index contributed by atoms with van der Waals surface area (Å²) in [6.07, 6.45) is 2.01. The molecule has 3 heteroatoms. The van der Waals surface area contributed by atoms with E-state index in [0.29, 0.717) is 11.8 Å². The van der Waals surface area contributed by atoms with Gasteiger partial charge in [-0.1, -0.05) is 27.2 Å². The van der Waals surface area contributed by atoms with Crippen molar-refractivity contribution >= 4 is 0 Å². The summed E-state index contributed by atoms with van der Waals surface area (Å²) in [5.41, 5.74) is 0. The van der Waals surface area contributed by atoms with Crippen LogP contribution in [0.15, 0.2) is 0 Å². The van der Waals surface area contributed by atoms with Crippen LogP contribution in [0.4, 0.5) is 0 Å². The van der Waals surface area contributed by atoms with Gasteiger partial charge < -0.3 is 14.7 Å². The molecule has 0 radical (unpaired) electrons. The summed E-state index contributed by atoms with van der Waals surface area (Å²) in [6, 6.07) is 0. The van der Waals surface area contributed by atoms with E-state index in [-0.39, 0.29) is 6.10 Å². The van der Waals surface area contributed by atoms with Crippen molar-refractivity contribution in [3.63, 3.8) is 0 Å². The van der Waals surface area contributed by atoms with Crippen LogP contribution in [-0.4, -0.2) is 49.0 Å². The fourth-order valence-corrected chi connectivity index (χ4v) is 2.17. The van der Waals surface area contributed by atoms with Crippen LogP contribution in [0.3, 0.4) is 0 Å². The van der Waals surface area contributed by atoms with E-state index in [9.17, 15) is 5.11 Å². The van der Waals surface area contributed by atoms with Crippen molar-refractivity contribution in [2.24, 2.45) is 11.8 Å². The molecule has 0 saturated carbocycles. The quantitative estimate of drug-likeness (QED) is 0.722. The Labute approximate surface area is 99.8 Å². The Morgan fingerprint density at radius 3 is 2.62 bits per heavy atom. The highest BCUT2D eigenvalue weighted by atomic mass is 16.5. The lowest BCUT2D eigenvalue weighted by Gasteiger charge is -2.28. The molecule has 0 bridgehead atoms. The molecule has 1 N–H and O–H groups in total. The molecule has 0 aromatic carbocycles. The standard InChI is InChI=1S/C13H27NO2/c1-4-11(3)8-14(5-2)9-13(15)12-6-7-16-10-12/h11-13,15H,4-10H2,1-3H3. The van der Waals surface area contributed by atoms with Crippen molar-refractivity contribution in [2.75, 3.05) is 32.8 Å². The zero-order valence-corrected chi connectivity index (χ0v) is 11.0. The predicted octanol–water partition coefficient (Wildman–Crippen LogP) is 1.75. The number of hydrogen-bond donors (Lipinski definition) is 1. The Bertz CT molecular complexity index is 181. The molecule has 0 aromatic heterocycles. The SMILES string of the molecule is CCC(C)CN(CC)CC(O)C1CCOC1. The van der Waals surface area contributed by atoms with Gasteiger partial charge in [0.15, 0.2) is 0 Å².